The summed E-state index contributed by atoms with van der Waals surface area (Å²) in [5.41, 5.74) is 0.158. The third-order valence-corrected chi connectivity index (χ3v) is 4.96. The first-order chi connectivity index (χ1) is 12.8. The molecule has 0 aliphatic carbocycles. The molecule has 0 aliphatic heterocycles. The van der Waals surface area contributed by atoms with E-state index >= 15 is 0 Å². The third kappa shape index (κ3) is 6.14. The summed E-state index contributed by atoms with van der Waals surface area (Å²) >= 11 is 0. The van der Waals surface area contributed by atoms with Crippen molar-refractivity contribution in [2.75, 3.05) is 24.8 Å². The number of aromatic nitrogens is 1. The molecule has 0 saturated heterocycles. The molecule has 1 heterocycles. The van der Waals surface area contributed by atoms with Gasteiger partial charge in [-0.1, -0.05) is 19.1 Å². The molecule has 27 heavy (non-hydrogen) atoms. The summed E-state index contributed by atoms with van der Waals surface area (Å²) in [4.78, 5) is 26.7. The normalized spacial score (nSPS) is 11.0. The Hall–Kier alpha value is -2.81. The fourth-order valence-electron chi connectivity index (χ4n) is 2.33. The van der Waals surface area contributed by atoms with E-state index in [1.807, 2.05) is 6.92 Å². The average Bonchev–Trinajstić information content (AvgIpc) is 2.60. The van der Waals surface area contributed by atoms with Crippen molar-refractivity contribution >= 4 is 21.4 Å². The zero-order chi connectivity index (χ0) is 19.9. The highest BCUT2D eigenvalue weighted by atomic mass is 32.2. The van der Waals surface area contributed by atoms with Crippen LogP contribution in [0, 0.1) is 0 Å². The molecule has 1 aromatic carbocycles. The van der Waals surface area contributed by atoms with Gasteiger partial charge in [-0.15, -0.1) is 0 Å². The first-order valence-corrected chi connectivity index (χ1v) is 10.1. The lowest BCUT2D eigenvalue weighted by Gasteiger charge is -2.10. The summed E-state index contributed by atoms with van der Waals surface area (Å²) in [7, 11) is -2.33. The number of para-hydroxylation sites is 2. The lowest BCUT2D eigenvalue weighted by Crippen LogP contribution is -2.24. The topological polar surface area (TPSA) is 115 Å². The van der Waals surface area contributed by atoms with Gasteiger partial charge >= 0.3 is 0 Å². The second-order valence-corrected chi connectivity index (χ2v) is 7.88. The number of hydrogen-bond donors (Lipinski definition) is 2. The zero-order valence-electron chi connectivity index (χ0n) is 15.2. The van der Waals surface area contributed by atoms with Crippen LogP contribution in [0.4, 0.5) is 5.69 Å². The van der Waals surface area contributed by atoms with Crippen LogP contribution < -0.4 is 20.2 Å². The van der Waals surface area contributed by atoms with Crippen molar-refractivity contribution in [2.45, 2.75) is 19.1 Å². The molecule has 0 aliphatic rings. The number of hydrogen-bond acceptors (Lipinski definition) is 6. The smallest absolute Gasteiger partial charge is 0.239 e. The van der Waals surface area contributed by atoms with Crippen LogP contribution in [-0.2, 0) is 20.4 Å². The Bertz CT molecular complexity index is 952. The van der Waals surface area contributed by atoms with Crippen molar-refractivity contribution in [1.82, 2.24) is 4.98 Å². The summed E-state index contributed by atoms with van der Waals surface area (Å²) in [6.45, 7) is 2.30. The lowest BCUT2D eigenvalue weighted by atomic mass is 10.3. The maximum atomic E-state index is 12.3. The number of carbonyl (C=O) groups excluding carboxylic acids is 1. The second-order valence-electron chi connectivity index (χ2n) is 5.82. The largest absolute Gasteiger partial charge is 0.495 e. The highest BCUT2D eigenvalue weighted by Gasteiger charge is 2.19. The lowest BCUT2D eigenvalue weighted by molar-refractivity contribution is -0.113. The van der Waals surface area contributed by atoms with Gasteiger partial charge in [-0.25, -0.2) is 8.42 Å². The molecule has 0 radical (unpaired) electrons. The van der Waals surface area contributed by atoms with Crippen LogP contribution in [0.2, 0.25) is 0 Å². The van der Waals surface area contributed by atoms with E-state index in [9.17, 15) is 18.0 Å². The number of carbonyl (C=O) groups is 1. The van der Waals surface area contributed by atoms with E-state index in [0.29, 0.717) is 18.0 Å². The number of ether oxygens (including phenoxy) is 2. The van der Waals surface area contributed by atoms with Gasteiger partial charge in [-0.3, -0.25) is 9.59 Å². The monoisotopic (exact) mass is 394 g/mol. The van der Waals surface area contributed by atoms with Gasteiger partial charge in [0.2, 0.25) is 11.3 Å². The predicted molar refractivity (Wildman–Crippen MR) is 102 cm³/mol. The molecule has 9 heteroatoms. The van der Waals surface area contributed by atoms with E-state index in [-0.39, 0.29) is 11.4 Å². The minimum Gasteiger partial charge on any atom is -0.495 e. The summed E-state index contributed by atoms with van der Waals surface area (Å²) in [6.07, 6.45) is 2.08. The standard InChI is InChI=1S/C18H22N2O6S/c1-3-8-26-17-10-19-13(9-15(17)21)11-27(23,24)12-18(22)20-14-6-4-5-7-16(14)25-2/h4-7,9-10H,3,8,11-12H2,1-2H3,(H,19,21)(H,20,22). The van der Waals surface area contributed by atoms with E-state index in [4.69, 9.17) is 9.47 Å². The van der Waals surface area contributed by atoms with E-state index in [2.05, 4.69) is 10.3 Å². The van der Waals surface area contributed by atoms with Crippen molar-refractivity contribution in [2.24, 2.45) is 0 Å². The van der Waals surface area contributed by atoms with Gasteiger partial charge in [0.05, 0.1) is 25.2 Å². The van der Waals surface area contributed by atoms with Gasteiger partial charge in [0, 0.05) is 18.0 Å². The molecule has 0 unspecified atom stereocenters. The molecule has 0 fully saturated rings. The number of anilines is 1. The Balaban J connectivity index is 2.03. The first kappa shape index (κ1) is 20.5. The Labute approximate surface area is 157 Å². The van der Waals surface area contributed by atoms with Crippen LogP contribution in [0.3, 0.4) is 0 Å². The fourth-order valence-corrected chi connectivity index (χ4v) is 3.54. The third-order valence-electron chi connectivity index (χ3n) is 3.51. The number of nitrogens with one attached hydrogen (secondary N) is 2. The van der Waals surface area contributed by atoms with Crippen LogP contribution >= 0.6 is 0 Å². The Morgan fingerprint density at radius 1 is 1.22 bits per heavy atom. The maximum absolute atomic E-state index is 12.3. The maximum Gasteiger partial charge on any atom is 0.239 e. The molecule has 8 nitrogen and oxygen atoms in total. The second kappa shape index (κ2) is 9.22. The molecule has 1 aromatic heterocycles. The van der Waals surface area contributed by atoms with Gasteiger partial charge in [-0.2, -0.15) is 0 Å². The molecular formula is C18H22N2O6S. The Morgan fingerprint density at radius 3 is 2.63 bits per heavy atom. The summed E-state index contributed by atoms with van der Waals surface area (Å²) in [5.74, 6) is -1.32. The van der Waals surface area contributed by atoms with Gasteiger partial charge in [0.25, 0.3) is 0 Å². The highest BCUT2D eigenvalue weighted by molar-refractivity contribution is 7.91. The summed E-state index contributed by atoms with van der Waals surface area (Å²) < 4.78 is 34.9. The fraction of sp³-hybridized carbons (Fsp3) is 0.333. The number of amides is 1. The van der Waals surface area contributed by atoms with E-state index < -0.39 is 32.7 Å². The Kier molecular flexibility index (Phi) is 7.00. The molecule has 0 spiro atoms. The Morgan fingerprint density at radius 2 is 1.96 bits per heavy atom. The molecule has 1 amide bonds. The van der Waals surface area contributed by atoms with Crippen LogP contribution in [0.25, 0.3) is 0 Å². The molecule has 2 N–H and O–H groups in total. The number of aromatic amines is 1. The molecule has 0 saturated carbocycles. The number of H-pyrrole nitrogens is 1. The van der Waals surface area contributed by atoms with Crippen LogP contribution in [0.5, 0.6) is 11.5 Å². The van der Waals surface area contributed by atoms with Crippen LogP contribution in [0.1, 0.15) is 19.0 Å². The van der Waals surface area contributed by atoms with Gasteiger partial charge in [-0.05, 0) is 18.6 Å². The van der Waals surface area contributed by atoms with Crippen LogP contribution in [0.15, 0.2) is 41.3 Å². The van der Waals surface area contributed by atoms with Gasteiger partial charge < -0.3 is 19.8 Å². The number of benzene rings is 1. The average molecular weight is 394 g/mol. The first-order valence-electron chi connectivity index (χ1n) is 8.32. The quantitative estimate of drug-likeness (QED) is 0.669. The van der Waals surface area contributed by atoms with E-state index in [0.717, 1.165) is 6.42 Å². The summed E-state index contributed by atoms with van der Waals surface area (Å²) in [6, 6.07) is 7.85. The highest BCUT2D eigenvalue weighted by Crippen LogP contribution is 2.23. The van der Waals surface area contributed by atoms with Crippen molar-refractivity contribution in [1.29, 1.82) is 0 Å². The minimum atomic E-state index is -3.78. The van der Waals surface area contributed by atoms with E-state index in [1.54, 1.807) is 24.3 Å². The van der Waals surface area contributed by atoms with Crippen molar-refractivity contribution < 1.29 is 22.7 Å². The van der Waals surface area contributed by atoms with E-state index in [1.165, 1.54) is 19.4 Å². The molecule has 0 bridgehead atoms. The SMILES string of the molecule is CCCOc1c[nH]c(CS(=O)(=O)CC(=O)Nc2ccccc2OC)cc1=O. The number of pyridine rings is 1. The number of sulfone groups is 1. The van der Waals surface area contributed by atoms with Crippen molar-refractivity contribution in [3.8, 4) is 11.5 Å². The molecule has 2 rings (SSSR count). The number of methoxy groups -OCH3 is 1. The zero-order valence-corrected chi connectivity index (χ0v) is 16.0. The van der Waals surface area contributed by atoms with Crippen molar-refractivity contribution in [3.63, 3.8) is 0 Å². The number of rotatable bonds is 9. The van der Waals surface area contributed by atoms with Gasteiger partial charge in [0.15, 0.2) is 15.6 Å². The van der Waals surface area contributed by atoms with Gasteiger partial charge in [0.1, 0.15) is 11.5 Å². The van der Waals surface area contributed by atoms with Crippen molar-refractivity contribution in [3.05, 3.63) is 52.4 Å². The predicted octanol–water partition coefficient (Wildman–Crippen LogP) is 1.73. The summed E-state index contributed by atoms with van der Waals surface area (Å²) in [5, 5.41) is 2.51. The minimum absolute atomic E-state index is 0.131. The molecule has 2 aromatic rings. The molecule has 0 atom stereocenters. The molecule has 146 valence electrons. The van der Waals surface area contributed by atoms with Crippen LogP contribution in [-0.4, -0.2) is 38.8 Å². The molecular weight excluding hydrogens is 372 g/mol.